The van der Waals surface area contributed by atoms with Crippen LogP contribution in [0.3, 0.4) is 0 Å². The first-order valence-corrected chi connectivity index (χ1v) is 11.5. The molecule has 1 heterocycles. The molecule has 0 radical (unpaired) electrons. The van der Waals surface area contributed by atoms with E-state index in [4.69, 9.17) is 9.47 Å². The molecule has 3 aromatic carbocycles. The highest BCUT2D eigenvalue weighted by atomic mass is 79.9. The third-order valence-electron chi connectivity index (χ3n) is 5.55. The highest BCUT2D eigenvalue weighted by Crippen LogP contribution is 2.37. The monoisotopic (exact) mass is 504 g/mol. The van der Waals surface area contributed by atoms with Gasteiger partial charge in [-0.3, -0.25) is 9.59 Å². The van der Waals surface area contributed by atoms with Gasteiger partial charge in [0.25, 0.3) is 0 Å². The van der Waals surface area contributed by atoms with Gasteiger partial charge in [0.1, 0.15) is 11.5 Å². The maximum Gasteiger partial charge on any atom is 0.232 e. The van der Waals surface area contributed by atoms with Crippen LogP contribution < -0.4 is 9.47 Å². The van der Waals surface area contributed by atoms with Crippen molar-refractivity contribution in [3.63, 3.8) is 0 Å². The van der Waals surface area contributed by atoms with Crippen molar-refractivity contribution in [1.82, 2.24) is 0 Å². The van der Waals surface area contributed by atoms with Crippen LogP contribution >= 0.6 is 15.9 Å². The summed E-state index contributed by atoms with van der Waals surface area (Å²) in [5.74, 6) is 0.931. The first-order chi connectivity index (χ1) is 15.6. The number of Topliss-reactive ketones (excluding diaryl/α,β-unsaturated/α-hetero) is 2. The van der Waals surface area contributed by atoms with Gasteiger partial charge in [-0.2, -0.15) is 0 Å². The van der Waals surface area contributed by atoms with Crippen LogP contribution in [0.2, 0.25) is 0 Å². The molecule has 0 atom stereocenters. The number of hydrogen-bond acceptors (Lipinski definition) is 4. The fraction of sp³-hybridized carbons (Fsp3) is 0.214. The molecule has 0 amide bonds. The van der Waals surface area contributed by atoms with Crippen molar-refractivity contribution in [2.24, 2.45) is 0 Å². The van der Waals surface area contributed by atoms with Crippen molar-refractivity contribution in [3.8, 4) is 11.5 Å². The van der Waals surface area contributed by atoms with Gasteiger partial charge in [-0.05, 0) is 53.3 Å². The average Bonchev–Trinajstić information content (AvgIpc) is 3.07. The standard InChI is InChI=1S/C28H25BrO4/c1-17-13-22(32-16-23(30)19-7-11-21(29)12-8-19)15-24-26(17)27(31)25(33-24)14-18-5-9-20(10-6-18)28(2,3)4/h5-15H,16H2,1-4H3/b25-14-. The van der Waals surface area contributed by atoms with Crippen molar-refractivity contribution in [3.05, 3.63) is 98.7 Å². The number of aryl methyl sites for hydroxylation is 1. The summed E-state index contributed by atoms with van der Waals surface area (Å²) in [5.41, 5.74) is 4.03. The van der Waals surface area contributed by atoms with Crippen LogP contribution in [-0.4, -0.2) is 18.2 Å². The lowest BCUT2D eigenvalue weighted by Crippen LogP contribution is -2.11. The summed E-state index contributed by atoms with van der Waals surface area (Å²) in [7, 11) is 0. The molecule has 168 valence electrons. The van der Waals surface area contributed by atoms with Gasteiger partial charge in [0.15, 0.2) is 18.1 Å². The van der Waals surface area contributed by atoms with Crippen LogP contribution in [-0.2, 0) is 5.41 Å². The Kier molecular flexibility index (Phi) is 6.26. The van der Waals surface area contributed by atoms with E-state index in [-0.39, 0.29) is 29.3 Å². The Bertz CT molecular complexity index is 1250. The SMILES string of the molecule is Cc1cc(OCC(=O)c2ccc(Br)cc2)cc2c1C(=O)/C(=C/c1ccc(C(C)(C)C)cc1)O2. The number of benzene rings is 3. The summed E-state index contributed by atoms with van der Waals surface area (Å²) in [6.07, 6.45) is 1.76. The summed E-state index contributed by atoms with van der Waals surface area (Å²) < 4.78 is 12.5. The Morgan fingerprint density at radius 2 is 1.70 bits per heavy atom. The lowest BCUT2D eigenvalue weighted by Gasteiger charge is -2.18. The number of hydrogen-bond donors (Lipinski definition) is 0. The molecule has 1 aliphatic heterocycles. The third kappa shape index (κ3) is 5.09. The summed E-state index contributed by atoms with van der Waals surface area (Å²) in [4.78, 5) is 25.4. The van der Waals surface area contributed by atoms with E-state index in [1.165, 1.54) is 5.56 Å². The highest BCUT2D eigenvalue weighted by molar-refractivity contribution is 9.10. The van der Waals surface area contributed by atoms with E-state index in [2.05, 4.69) is 48.8 Å². The van der Waals surface area contributed by atoms with Gasteiger partial charge in [0.05, 0.1) is 5.56 Å². The topological polar surface area (TPSA) is 52.6 Å². The molecular formula is C28H25BrO4. The molecule has 0 unspecified atom stereocenters. The van der Waals surface area contributed by atoms with Gasteiger partial charge in [0, 0.05) is 16.1 Å². The Morgan fingerprint density at radius 3 is 2.33 bits per heavy atom. The smallest absolute Gasteiger partial charge is 0.232 e. The maximum absolute atomic E-state index is 12.9. The summed E-state index contributed by atoms with van der Waals surface area (Å²) in [6.45, 7) is 8.22. The number of allylic oxidation sites excluding steroid dienone is 1. The first kappa shape index (κ1) is 23.0. The van der Waals surface area contributed by atoms with Crippen molar-refractivity contribution >= 4 is 33.6 Å². The van der Waals surface area contributed by atoms with E-state index in [0.29, 0.717) is 22.6 Å². The molecule has 5 heteroatoms. The van der Waals surface area contributed by atoms with Crippen molar-refractivity contribution in [2.75, 3.05) is 6.61 Å². The van der Waals surface area contributed by atoms with Gasteiger partial charge < -0.3 is 9.47 Å². The number of carbonyl (C=O) groups excluding carboxylic acids is 2. The van der Waals surface area contributed by atoms with Gasteiger partial charge in [0.2, 0.25) is 5.78 Å². The van der Waals surface area contributed by atoms with Gasteiger partial charge in [-0.15, -0.1) is 0 Å². The number of ether oxygens (including phenoxy) is 2. The van der Waals surface area contributed by atoms with E-state index in [1.54, 1.807) is 30.3 Å². The third-order valence-corrected chi connectivity index (χ3v) is 6.08. The van der Waals surface area contributed by atoms with Crippen LogP contribution in [0.25, 0.3) is 6.08 Å². The van der Waals surface area contributed by atoms with Crippen LogP contribution in [0, 0.1) is 6.92 Å². The molecule has 0 aliphatic carbocycles. The van der Waals surface area contributed by atoms with Gasteiger partial charge in [-0.1, -0.05) is 73.1 Å². The van der Waals surface area contributed by atoms with E-state index in [1.807, 2.05) is 31.2 Å². The molecule has 0 N–H and O–H groups in total. The summed E-state index contributed by atoms with van der Waals surface area (Å²) >= 11 is 3.36. The molecule has 33 heavy (non-hydrogen) atoms. The number of rotatable bonds is 5. The van der Waals surface area contributed by atoms with Crippen molar-refractivity contribution in [1.29, 1.82) is 0 Å². The van der Waals surface area contributed by atoms with Gasteiger partial charge in [-0.25, -0.2) is 0 Å². The number of ketones is 2. The molecule has 0 aromatic heterocycles. The first-order valence-electron chi connectivity index (χ1n) is 10.7. The largest absolute Gasteiger partial charge is 0.485 e. The number of carbonyl (C=O) groups is 2. The van der Waals surface area contributed by atoms with Crippen LogP contribution in [0.1, 0.15) is 58.2 Å². The van der Waals surface area contributed by atoms with Gasteiger partial charge >= 0.3 is 0 Å². The lowest BCUT2D eigenvalue weighted by atomic mass is 9.86. The molecule has 1 aliphatic rings. The predicted octanol–water partition coefficient (Wildman–Crippen LogP) is 6.93. The fourth-order valence-electron chi connectivity index (χ4n) is 3.66. The van der Waals surface area contributed by atoms with Crippen molar-refractivity contribution in [2.45, 2.75) is 33.1 Å². The van der Waals surface area contributed by atoms with Crippen molar-refractivity contribution < 1.29 is 19.1 Å². The van der Waals surface area contributed by atoms with Crippen LogP contribution in [0.5, 0.6) is 11.5 Å². The number of fused-ring (bicyclic) bond motifs is 1. The zero-order valence-corrected chi connectivity index (χ0v) is 20.7. The normalized spacial score (nSPS) is 14.2. The lowest BCUT2D eigenvalue weighted by molar-refractivity contribution is 0.0920. The van der Waals surface area contributed by atoms with E-state index < -0.39 is 0 Å². The maximum atomic E-state index is 12.9. The molecule has 0 saturated carbocycles. The second-order valence-corrected chi connectivity index (χ2v) is 10.1. The number of halogens is 1. The van der Waals surface area contributed by atoms with Crippen LogP contribution in [0.15, 0.2) is 70.9 Å². The quantitative estimate of drug-likeness (QED) is 0.279. The molecule has 4 nitrogen and oxygen atoms in total. The minimum Gasteiger partial charge on any atom is -0.485 e. The second kappa shape index (κ2) is 8.99. The predicted molar refractivity (Wildman–Crippen MR) is 133 cm³/mol. The Morgan fingerprint density at radius 1 is 1.03 bits per heavy atom. The molecule has 0 bridgehead atoms. The zero-order chi connectivity index (χ0) is 23.8. The molecular weight excluding hydrogens is 480 g/mol. The molecule has 0 fully saturated rings. The minimum absolute atomic E-state index is 0.0633. The Labute approximate surface area is 202 Å². The molecule has 3 aromatic rings. The minimum atomic E-state index is -0.153. The fourth-order valence-corrected chi connectivity index (χ4v) is 3.92. The summed E-state index contributed by atoms with van der Waals surface area (Å²) in [6, 6.07) is 18.7. The average molecular weight is 505 g/mol. The molecule has 0 spiro atoms. The van der Waals surface area contributed by atoms with E-state index in [0.717, 1.165) is 15.6 Å². The van der Waals surface area contributed by atoms with E-state index in [9.17, 15) is 9.59 Å². The Balaban J connectivity index is 1.50. The Hall–Kier alpha value is -3.18. The van der Waals surface area contributed by atoms with Crippen LogP contribution in [0.4, 0.5) is 0 Å². The zero-order valence-electron chi connectivity index (χ0n) is 19.1. The molecule has 4 rings (SSSR count). The highest BCUT2D eigenvalue weighted by Gasteiger charge is 2.30. The summed E-state index contributed by atoms with van der Waals surface area (Å²) in [5, 5.41) is 0. The molecule has 0 saturated heterocycles. The second-order valence-electron chi connectivity index (χ2n) is 9.14. The van der Waals surface area contributed by atoms with E-state index >= 15 is 0 Å².